The number of nitrogens with zero attached hydrogens (tertiary/aromatic N) is 1. The fourth-order valence-electron chi connectivity index (χ4n) is 5.00. The number of benzene rings is 3. The zero-order chi connectivity index (χ0) is 27.6. The molecule has 3 aromatic carbocycles. The molecule has 0 fully saturated rings. The third kappa shape index (κ3) is 5.52. The standard InChI is InChI=1S/C29H28F3NO5/c1-17(34)33(28-23-7-5-4-6-19(23)15-25(28)35)16-20-14-21(29(30,31)32)9-10-22(20)24-12-18(13-27(36)38-3)8-11-26(24)37-2/h4-12,14,25,28,35H,13,15-16H2,1-3H3/t25-,28+/m0/s1. The molecule has 3 aromatic rings. The normalized spacial score (nSPS) is 16.6. The monoisotopic (exact) mass is 527 g/mol. The molecular formula is C29H28F3NO5. The zero-order valence-corrected chi connectivity index (χ0v) is 21.2. The van der Waals surface area contributed by atoms with Gasteiger partial charge in [0.25, 0.3) is 0 Å². The van der Waals surface area contributed by atoms with Crippen molar-refractivity contribution in [2.75, 3.05) is 14.2 Å². The van der Waals surface area contributed by atoms with Crippen LogP contribution in [0.3, 0.4) is 0 Å². The number of fused-ring (bicyclic) bond motifs is 1. The summed E-state index contributed by atoms with van der Waals surface area (Å²) in [4.78, 5) is 26.1. The molecule has 2 atom stereocenters. The molecule has 0 aromatic heterocycles. The van der Waals surface area contributed by atoms with Gasteiger partial charge >= 0.3 is 12.1 Å². The van der Waals surface area contributed by atoms with Gasteiger partial charge in [-0.2, -0.15) is 13.2 Å². The van der Waals surface area contributed by atoms with Crippen LogP contribution in [0, 0.1) is 0 Å². The Balaban J connectivity index is 1.85. The lowest BCUT2D eigenvalue weighted by Gasteiger charge is -2.32. The van der Waals surface area contributed by atoms with Crippen molar-refractivity contribution in [1.82, 2.24) is 4.90 Å². The van der Waals surface area contributed by atoms with Crippen LogP contribution >= 0.6 is 0 Å². The summed E-state index contributed by atoms with van der Waals surface area (Å²) in [6, 6.07) is 14.9. The molecule has 6 nitrogen and oxygen atoms in total. The molecule has 0 aliphatic heterocycles. The molecular weight excluding hydrogens is 499 g/mol. The van der Waals surface area contributed by atoms with E-state index in [0.29, 0.717) is 28.9 Å². The molecule has 1 aliphatic carbocycles. The van der Waals surface area contributed by atoms with Crippen molar-refractivity contribution in [3.63, 3.8) is 0 Å². The minimum absolute atomic E-state index is 0.0336. The van der Waals surface area contributed by atoms with Crippen LogP contribution in [0.2, 0.25) is 0 Å². The predicted molar refractivity (Wildman–Crippen MR) is 134 cm³/mol. The second-order valence-corrected chi connectivity index (χ2v) is 9.22. The topological polar surface area (TPSA) is 76.1 Å². The molecule has 4 rings (SSSR count). The first-order valence-electron chi connectivity index (χ1n) is 12.0. The largest absolute Gasteiger partial charge is 0.496 e. The van der Waals surface area contributed by atoms with Crippen LogP contribution in [0.5, 0.6) is 5.75 Å². The van der Waals surface area contributed by atoms with Crippen LogP contribution in [-0.2, 0) is 39.9 Å². The highest BCUT2D eigenvalue weighted by atomic mass is 19.4. The van der Waals surface area contributed by atoms with Crippen molar-refractivity contribution in [2.24, 2.45) is 0 Å². The smallest absolute Gasteiger partial charge is 0.416 e. The van der Waals surface area contributed by atoms with Crippen molar-refractivity contribution < 1.29 is 37.3 Å². The summed E-state index contributed by atoms with van der Waals surface area (Å²) >= 11 is 0. The molecule has 1 N–H and O–H groups in total. The first kappa shape index (κ1) is 27.2. The predicted octanol–water partition coefficient (Wildman–Crippen LogP) is 5.10. The Morgan fingerprint density at radius 2 is 1.76 bits per heavy atom. The van der Waals surface area contributed by atoms with Gasteiger partial charge in [-0.25, -0.2) is 0 Å². The van der Waals surface area contributed by atoms with E-state index in [0.717, 1.165) is 23.3 Å². The first-order chi connectivity index (χ1) is 18.0. The Labute approximate surface area is 218 Å². The van der Waals surface area contributed by atoms with Gasteiger partial charge in [-0.05, 0) is 52.1 Å². The van der Waals surface area contributed by atoms with E-state index in [1.165, 1.54) is 32.1 Å². The number of carbonyl (C=O) groups excluding carboxylic acids is 2. The first-order valence-corrected chi connectivity index (χ1v) is 12.0. The molecule has 1 aliphatic rings. The number of methoxy groups -OCH3 is 2. The summed E-state index contributed by atoms with van der Waals surface area (Å²) in [5, 5.41) is 10.9. The zero-order valence-electron chi connectivity index (χ0n) is 21.2. The maximum absolute atomic E-state index is 13.8. The van der Waals surface area contributed by atoms with Gasteiger partial charge in [-0.15, -0.1) is 0 Å². The van der Waals surface area contributed by atoms with E-state index in [1.807, 2.05) is 18.2 Å². The van der Waals surface area contributed by atoms with Gasteiger partial charge in [0.05, 0.1) is 38.3 Å². The summed E-state index contributed by atoms with van der Waals surface area (Å²) in [6.07, 6.45) is -5.20. The number of amides is 1. The lowest BCUT2D eigenvalue weighted by atomic mass is 9.93. The molecule has 200 valence electrons. The van der Waals surface area contributed by atoms with Gasteiger partial charge in [0, 0.05) is 25.5 Å². The van der Waals surface area contributed by atoms with Crippen LogP contribution in [0.4, 0.5) is 13.2 Å². The number of halogens is 3. The SMILES string of the molecule is COC(=O)Cc1ccc(OC)c(-c2ccc(C(F)(F)F)cc2CN(C(C)=O)[C@@H]2c3ccccc3C[C@@H]2O)c1. The molecule has 0 saturated heterocycles. The van der Waals surface area contributed by atoms with Crippen LogP contribution in [0.1, 0.15) is 40.8 Å². The Hall–Kier alpha value is -3.85. The average Bonchev–Trinajstić information content (AvgIpc) is 3.21. The van der Waals surface area contributed by atoms with E-state index in [9.17, 15) is 27.9 Å². The van der Waals surface area contributed by atoms with Gasteiger partial charge in [-0.1, -0.05) is 36.4 Å². The Bertz CT molecular complexity index is 1350. The van der Waals surface area contributed by atoms with Gasteiger partial charge in [0.1, 0.15) is 5.75 Å². The van der Waals surface area contributed by atoms with Gasteiger partial charge < -0.3 is 19.5 Å². The molecule has 0 heterocycles. The van der Waals surface area contributed by atoms with E-state index in [2.05, 4.69) is 0 Å². The van der Waals surface area contributed by atoms with E-state index in [1.54, 1.807) is 24.3 Å². The second kappa shape index (κ2) is 10.9. The average molecular weight is 528 g/mol. The molecule has 0 bridgehead atoms. The number of hydrogen-bond donors (Lipinski definition) is 1. The Morgan fingerprint density at radius 1 is 1.03 bits per heavy atom. The minimum Gasteiger partial charge on any atom is -0.496 e. The van der Waals surface area contributed by atoms with E-state index < -0.39 is 29.9 Å². The molecule has 0 unspecified atom stereocenters. The quantitative estimate of drug-likeness (QED) is 0.433. The number of hydrogen-bond acceptors (Lipinski definition) is 5. The fourth-order valence-corrected chi connectivity index (χ4v) is 5.00. The third-order valence-electron chi connectivity index (χ3n) is 6.81. The van der Waals surface area contributed by atoms with Gasteiger partial charge in [0.15, 0.2) is 0 Å². The minimum atomic E-state index is -4.61. The van der Waals surface area contributed by atoms with Crippen molar-refractivity contribution in [3.05, 3.63) is 88.5 Å². The van der Waals surface area contributed by atoms with E-state index >= 15 is 0 Å². The number of alkyl halides is 3. The maximum Gasteiger partial charge on any atom is 0.416 e. The number of carbonyl (C=O) groups is 2. The maximum atomic E-state index is 13.8. The summed E-state index contributed by atoms with van der Waals surface area (Å²) < 4.78 is 51.5. The summed E-state index contributed by atoms with van der Waals surface area (Å²) in [5.41, 5.74) is 2.47. The number of aliphatic hydroxyl groups is 1. The molecule has 0 saturated carbocycles. The highest BCUT2D eigenvalue weighted by Gasteiger charge is 2.38. The molecule has 1 amide bonds. The van der Waals surface area contributed by atoms with Crippen LogP contribution < -0.4 is 4.74 Å². The van der Waals surface area contributed by atoms with Crippen molar-refractivity contribution in [3.8, 4) is 16.9 Å². The van der Waals surface area contributed by atoms with Gasteiger partial charge in [-0.3, -0.25) is 9.59 Å². The second-order valence-electron chi connectivity index (χ2n) is 9.22. The molecule has 0 spiro atoms. The van der Waals surface area contributed by atoms with Crippen molar-refractivity contribution >= 4 is 11.9 Å². The molecule has 38 heavy (non-hydrogen) atoms. The van der Waals surface area contributed by atoms with Crippen LogP contribution in [-0.4, -0.2) is 42.2 Å². The number of esters is 1. The van der Waals surface area contributed by atoms with Crippen molar-refractivity contribution in [2.45, 2.75) is 44.6 Å². The number of rotatable bonds is 7. The van der Waals surface area contributed by atoms with Crippen molar-refractivity contribution in [1.29, 1.82) is 0 Å². The highest BCUT2D eigenvalue weighted by Crippen LogP contribution is 2.41. The third-order valence-corrected chi connectivity index (χ3v) is 6.81. The van der Waals surface area contributed by atoms with Crippen LogP contribution in [0.15, 0.2) is 60.7 Å². The van der Waals surface area contributed by atoms with E-state index in [-0.39, 0.29) is 24.4 Å². The lowest BCUT2D eigenvalue weighted by molar-refractivity contribution is -0.140. The highest BCUT2D eigenvalue weighted by molar-refractivity contribution is 5.79. The van der Waals surface area contributed by atoms with Gasteiger partial charge in [0.2, 0.25) is 5.91 Å². The summed E-state index contributed by atoms with van der Waals surface area (Å²) in [7, 11) is 2.71. The number of aliphatic hydroxyl groups excluding tert-OH is 1. The van der Waals surface area contributed by atoms with E-state index in [4.69, 9.17) is 9.47 Å². The lowest BCUT2D eigenvalue weighted by Crippen LogP contribution is -2.37. The molecule has 0 radical (unpaired) electrons. The van der Waals surface area contributed by atoms with Crippen LogP contribution in [0.25, 0.3) is 11.1 Å². The number of ether oxygens (including phenoxy) is 2. The Morgan fingerprint density at radius 3 is 2.42 bits per heavy atom. The summed E-state index contributed by atoms with van der Waals surface area (Å²) in [6.45, 7) is 1.15. The summed E-state index contributed by atoms with van der Waals surface area (Å²) in [5.74, 6) is -0.467. The fraction of sp³-hybridized carbons (Fsp3) is 0.310. The Kier molecular flexibility index (Phi) is 7.78. The molecule has 9 heteroatoms.